The van der Waals surface area contributed by atoms with Gasteiger partial charge in [0.15, 0.2) is 0 Å². The van der Waals surface area contributed by atoms with Gasteiger partial charge in [0, 0.05) is 48.2 Å². The van der Waals surface area contributed by atoms with E-state index in [4.69, 9.17) is 16.3 Å². The fourth-order valence-corrected chi connectivity index (χ4v) is 4.31. The Balaban J connectivity index is 1.65. The summed E-state index contributed by atoms with van der Waals surface area (Å²) in [6, 6.07) is 9.79. The van der Waals surface area contributed by atoms with Gasteiger partial charge < -0.3 is 19.3 Å². The van der Waals surface area contributed by atoms with Gasteiger partial charge in [0.25, 0.3) is 5.91 Å². The van der Waals surface area contributed by atoms with Crippen molar-refractivity contribution in [2.45, 2.75) is 12.8 Å². The molecule has 2 aromatic carbocycles. The van der Waals surface area contributed by atoms with Gasteiger partial charge in [-0.05, 0) is 48.0 Å². The predicted molar refractivity (Wildman–Crippen MR) is 141 cm³/mol. The molecule has 39 heavy (non-hydrogen) atoms. The van der Waals surface area contributed by atoms with Crippen molar-refractivity contribution in [3.63, 3.8) is 0 Å². The molecule has 0 aliphatic rings. The van der Waals surface area contributed by atoms with Gasteiger partial charge in [0.1, 0.15) is 29.7 Å². The minimum Gasteiger partial charge on any atom is -0.487 e. The zero-order valence-electron chi connectivity index (χ0n) is 20.4. The number of carbonyl (C=O) groups excluding carboxylic acids is 1. The maximum Gasteiger partial charge on any atom is 0.418 e. The number of nitrogens with one attached hydrogen (secondary N) is 2. The number of rotatable bonds is 8. The molecule has 0 aliphatic carbocycles. The third-order valence-corrected chi connectivity index (χ3v) is 6.04. The van der Waals surface area contributed by atoms with Crippen LogP contribution in [0.3, 0.4) is 0 Å². The molecule has 13 heteroatoms. The molecule has 0 atom stereocenters. The number of aryl methyl sites for hydroxylation is 1. The number of nitrogens with zero attached hydrogens (tertiary/aromatic N) is 2. The summed E-state index contributed by atoms with van der Waals surface area (Å²) in [5.41, 5.74) is 0.544. The molecule has 204 valence electrons. The van der Waals surface area contributed by atoms with E-state index in [1.54, 1.807) is 25.2 Å². The van der Waals surface area contributed by atoms with Crippen molar-refractivity contribution in [2.75, 3.05) is 16.3 Å². The second-order valence-electron chi connectivity index (χ2n) is 8.35. The lowest BCUT2D eigenvalue weighted by Gasteiger charge is -2.14. The fraction of sp³-hybridized carbons (Fsp3) is 0.154. The van der Waals surface area contributed by atoms with Crippen LogP contribution in [0.4, 0.5) is 33.3 Å². The van der Waals surface area contributed by atoms with Crippen molar-refractivity contribution in [1.82, 2.24) is 9.55 Å². The molecule has 0 fully saturated rings. The average Bonchev–Trinajstić information content (AvgIpc) is 3.23. The number of benzene rings is 2. The summed E-state index contributed by atoms with van der Waals surface area (Å²) in [7, 11) is 1.58. The highest BCUT2D eigenvalue weighted by molar-refractivity contribution is 7.99. The lowest BCUT2D eigenvalue weighted by atomic mass is 10.1. The van der Waals surface area contributed by atoms with Crippen molar-refractivity contribution in [1.29, 1.82) is 0 Å². The molecule has 6 nitrogen and oxygen atoms in total. The van der Waals surface area contributed by atoms with E-state index in [9.17, 15) is 26.7 Å². The summed E-state index contributed by atoms with van der Waals surface area (Å²) in [5.74, 6) is -2.50. The van der Waals surface area contributed by atoms with E-state index in [1.165, 1.54) is 28.8 Å². The fourth-order valence-electron chi connectivity index (χ4n) is 3.72. The van der Waals surface area contributed by atoms with Gasteiger partial charge in [0.05, 0.1) is 16.8 Å². The van der Waals surface area contributed by atoms with E-state index in [1.807, 2.05) is 6.26 Å². The maximum absolute atomic E-state index is 13.6. The van der Waals surface area contributed by atoms with Gasteiger partial charge in [-0.1, -0.05) is 23.5 Å². The van der Waals surface area contributed by atoms with E-state index in [0.29, 0.717) is 28.7 Å². The number of halogens is 6. The third kappa shape index (κ3) is 7.01. The second-order valence-corrected chi connectivity index (χ2v) is 9.40. The molecule has 0 aliphatic heterocycles. The Morgan fingerprint density at radius 2 is 1.74 bits per heavy atom. The molecular formula is C26H20ClF5N4O2S. The molecule has 2 aromatic heterocycles. The average molecular weight is 583 g/mol. The number of hydrogen-bond donors (Lipinski definition) is 2. The molecule has 4 rings (SSSR count). The zero-order chi connectivity index (χ0) is 28.3. The summed E-state index contributed by atoms with van der Waals surface area (Å²) < 4.78 is 77.4. The maximum atomic E-state index is 13.6. The van der Waals surface area contributed by atoms with Gasteiger partial charge in [-0.25, -0.2) is 8.78 Å². The minimum absolute atomic E-state index is 0.00404. The van der Waals surface area contributed by atoms with Crippen molar-refractivity contribution in [3.8, 4) is 17.1 Å². The third-order valence-electron chi connectivity index (χ3n) is 5.38. The highest BCUT2D eigenvalue weighted by Gasteiger charge is 2.32. The normalized spacial score (nSPS) is 11.4. The van der Waals surface area contributed by atoms with Crippen LogP contribution >= 0.6 is 23.5 Å². The Bertz CT molecular complexity index is 1510. The number of carbonyl (C=O) groups is 1. The summed E-state index contributed by atoms with van der Waals surface area (Å²) in [4.78, 5) is 16.9. The minimum atomic E-state index is -4.71. The van der Waals surface area contributed by atoms with Gasteiger partial charge in [-0.15, -0.1) is 0 Å². The Morgan fingerprint density at radius 1 is 1.05 bits per heavy atom. The lowest BCUT2D eigenvalue weighted by Crippen LogP contribution is -2.11. The van der Waals surface area contributed by atoms with Crippen LogP contribution in [0.25, 0.3) is 11.4 Å². The number of anilines is 2. The molecule has 0 saturated carbocycles. The quantitative estimate of drug-likeness (QED) is 0.166. The highest BCUT2D eigenvalue weighted by Crippen LogP contribution is 2.36. The Morgan fingerprint density at radius 3 is 2.41 bits per heavy atom. The van der Waals surface area contributed by atoms with Crippen LogP contribution in [0.5, 0.6) is 5.75 Å². The van der Waals surface area contributed by atoms with Crippen LogP contribution in [0.15, 0.2) is 60.9 Å². The first-order valence-electron chi connectivity index (χ1n) is 11.2. The first kappa shape index (κ1) is 28.2. The first-order valence-corrected chi connectivity index (χ1v) is 12.8. The number of pyridine rings is 1. The molecule has 2 heterocycles. The molecule has 0 bridgehead atoms. The molecule has 2 N–H and O–H groups in total. The number of alkyl halides is 3. The van der Waals surface area contributed by atoms with E-state index in [2.05, 4.69) is 15.0 Å². The van der Waals surface area contributed by atoms with Crippen molar-refractivity contribution in [2.24, 2.45) is 7.05 Å². The zero-order valence-corrected chi connectivity index (χ0v) is 21.9. The SMILES string of the molecule is CSNc1cc(Cl)cc(NC(=O)c2cc(-c3ncc(C(F)(F)F)cc3OCc3cc(F)cc(F)c3)n(C)c2)c1. The standard InChI is InChI=1S/C26H20ClF5N4O2S/c1-36-12-15(25(37)34-20-7-17(27)8-21(10-20)35-39-2)5-22(36)24-23(6-16(11-33-24)26(30,31)32)38-13-14-3-18(28)9-19(29)4-14/h3-12,35H,13H2,1-2H3,(H,34,37). The predicted octanol–water partition coefficient (Wildman–Crippen LogP) is 7.56. The molecule has 0 spiro atoms. The molecule has 4 aromatic rings. The van der Waals surface area contributed by atoms with Crippen molar-refractivity contribution >= 4 is 40.8 Å². The van der Waals surface area contributed by atoms with E-state index >= 15 is 0 Å². The van der Waals surface area contributed by atoms with Crippen LogP contribution in [0.1, 0.15) is 21.5 Å². The van der Waals surface area contributed by atoms with Crippen LogP contribution in [0.2, 0.25) is 5.02 Å². The summed E-state index contributed by atoms with van der Waals surface area (Å²) in [6.45, 7) is -0.427. The summed E-state index contributed by atoms with van der Waals surface area (Å²) in [6.07, 6.45) is -0.770. The summed E-state index contributed by atoms with van der Waals surface area (Å²) >= 11 is 7.48. The number of ether oxygens (including phenoxy) is 1. The molecule has 1 amide bonds. The lowest BCUT2D eigenvalue weighted by molar-refractivity contribution is -0.137. The number of hydrogen-bond acceptors (Lipinski definition) is 5. The largest absolute Gasteiger partial charge is 0.487 e. The molecule has 0 saturated heterocycles. The van der Waals surface area contributed by atoms with Crippen LogP contribution in [-0.4, -0.2) is 21.7 Å². The van der Waals surface area contributed by atoms with Crippen LogP contribution in [-0.2, 0) is 19.8 Å². The molecule has 0 unspecified atom stereocenters. The Kier molecular flexibility index (Phi) is 8.36. The Labute approximate surface area is 229 Å². The van der Waals surface area contributed by atoms with Crippen LogP contribution in [0, 0.1) is 11.6 Å². The Hall–Kier alpha value is -3.77. The monoisotopic (exact) mass is 582 g/mol. The van der Waals surface area contributed by atoms with Crippen molar-refractivity contribution < 1.29 is 31.5 Å². The summed E-state index contributed by atoms with van der Waals surface area (Å²) in [5, 5.41) is 3.13. The van der Waals surface area contributed by atoms with Crippen molar-refractivity contribution in [3.05, 3.63) is 94.3 Å². The first-order chi connectivity index (χ1) is 18.4. The topological polar surface area (TPSA) is 68.2 Å². The molecular weight excluding hydrogens is 563 g/mol. The van der Waals surface area contributed by atoms with E-state index in [0.717, 1.165) is 18.2 Å². The smallest absolute Gasteiger partial charge is 0.418 e. The number of amides is 1. The van der Waals surface area contributed by atoms with Gasteiger partial charge in [0.2, 0.25) is 0 Å². The van der Waals surface area contributed by atoms with Gasteiger partial charge in [-0.2, -0.15) is 13.2 Å². The van der Waals surface area contributed by atoms with E-state index < -0.39 is 35.9 Å². The second kappa shape index (κ2) is 11.5. The molecule has 0 radical (unpaired) electrons. The van der Waals surface area contributed by atoms with Crippen LogP contribution < -0.4 is 14.8 Å². The van der Waals surface area contributed by atoms with E-state index in [-0.39, 0.29) is 28.3 Å². The number of aromatic nitrogens is 2. The van der Waals surface area contributed by atoms with Gasteiger partial charge in [-0.3, -0.25) is 9.78 Å². The van der Waals surface area contributed by atoms with Gasteiger partial charge >= 0.3 is 6.18 Å². The highest BCUT2D eigenvalue weighted by atomic mass is 35.5.